The van der Waals surface area contributed by atoms with Gasteiger partial charge in [-0.2, -0.15) is 5.10 Å². The van der Waals surface area contributed by atoms with Crippen LogP contribution in [0.3, 0.4) is 0 Å². The predicted octanol–water partition coefficient (Wildman–Crippen LogP) is 6.50. The highest BCUT2D eigenvalue weighted by Gasteiger charge is 2.37. The molecule has 1 saturated carbocycles. The highest BCUT2D eigenvalue weighted by Crippen LogP contribution is 2.41. The second kappa shape index (κ2) is 11.3. The molecule has 7 nitrogen and oxygen atoms in total. The number of carbonyl (C=O) groups is 2. The van der Waals surface area contributed by atoms with E-state index in [0.717, 1.165) is 35.7 Å². The third-order valence-corrected chi connectivity index (χ3v) is 8.14. The number of rotatable bonds is 6. The van der Waals surface area contributed by atoms with E-state index < -0.39 is 6.04 Å². The molecular weight excluding hydrogens is 569 g/mol. The Labute approximate surface area is 233 Å². The van der Waals surface area contributed by atoms with Crippen LogP contribution in [0, 0.1) is 5.82 Å². The first-order valence-electron chi connectivity index (χ1n) is 12.6. The number of amides is 2. The van der Waals surface area contributed by atoms with Crippen LogP contribution in [0.4, 0.5) is 15.9 Å². The number of benzene rings is 2. The molecule has 1 fully saturated rings. The maximum atomic E-state index is 13.7. The molecule has 2 aliphatic rings. The zero-order valence-corrected chi connectivity index (χ0v) is 23.6. The number of thioether (sulfide) groups is 1. The SMILES string of the molecule is CSc1nn2c(c1C(=O)NC1CCCCC1)NC(C)=C(C(=O)Nc1ccc(F)cc1)C2c1cccc(Br)c1. The van der Waals surface area contributed by atoms with Crippen molar-refractivity contribution >= 4 is 51.0 Å². The van der Waals surface area contributed by atoms with Gasteiger partial charge in [-0.15, -0.1) is 11.8 Å². The van der Waals surface area contributed by atoms with E-state index in [1.165, 1.54) is 42.4 Å². The Morgan fingerprint density at radius 3 is 2.53 bits per heavy atom. The molecule has 1 aromatic heterocycles. The van der Waals surface area contributed by atoms with Crippen molar-refractivity contribution in [1.82, 2.24) is 15.1 Å². The molecule has 5 rings (SSSR count). The van der Waals surface area contributed by atoms with Crippen molar-refractivity contribution in [3.63, 3.8) is 0 Å². The molecule has 198 valence electrons. The van der Waals surface area contributed by atoms with Crippen LogP contribution < -0.4 is 16.0 Å². The Morgan fingerprint density at radius 2 is 1.84 bits per heavy atom. The number of hydrogen-bond donors (Lipinski definition) is 3. The highest BCUT2D eigenvalue weighted by molar-refractivity contribution is 9.10. The van der Waals surface area contributed by atoms with Gasteiger partial charge in [-0.05, 0) is 68.0 Å². The van der Waals surface area contributed by atoms with Crippen molar-refractivity contribution in [2.45, 2.75) is 56.1 Å². The molecule has 3 aromatic rings. The molecule has 0 radical (unpaired) electrons. The Balaban J connectivity index is 1.57. The molecule has 3 N–H and O–H groups in total. The summed E-state index contributed by atoms with van der Waals surface area (Å²) in [5.41, 5.74) is 2.87. The van der Waals surface area contributed by atoms with Gasteiger partial charge in [0.1, 0.15) is 28.3 Å². The first-order valence-corrected chi connectivity index (χ1v) is 14.6. The molecule has 0 bridgehead atoms. The number of nitrogens with one attached hydrogen (secondary N) is 3. The molecule has 2 heterocycles. The quantitative estimate of drug-likeness (QED) is 0.282. The summed E-state index contributed by atoms with van der Waals surface area (Å²) in [6, 6.07) is 12.9. The lowest BCUT2D eigenvalue weighted by atomic mass is 9.94. The predicted molar refractivity (Wildman–Crippen MR) is 152 cm³/mol. The van der Waals surface area contributed by atoms with Gasteiger partial charge in [-0.25, -0.2) is 9.07 Å². The van der Waals surface area contributed by atoms with Crippen LogP contribution in [0.15, 0.2) is 69.3 Å². The van der Waals surface area contributed by atoms with Crippen molar-refractivity contribution < 1.29 is 14.0 Å². The van der Waals surface area contributed by atoms with Gasteiger partial charge < -0.3 is 16.0 Å². The second-order valence-electron chi connectivity index (χ2n) is 9.57. The fourth-order valence-corrected chi connectivity index (χ4v) is 6.14. The molecule has 0 saturated heterocycles. The van der Waals surface area contributed by atoms with Crippen LogP contribution in [0.5, 0.6) is 0 Å². The molecule has 2 amide bonds. The van der Waals surface area contributed by atoms with Crippen LogP contribution in [-0.4, -0.2) is 33.9 Å². The van der Waals surface area contributed by atoms with Gasteiger partial charge in [0.15, 0.2) is 0 Å². The lowest BCUT2D eigenvalue weighted by Crippen LogP contribution is -2.37. The minimum absolute atomic E-state index is 0.152. The van der Waals surface area contributed by atoms with Crippen LogP contribution >= 0.6 is 27.7 Å². The normalized spacial score (nSPS) is 17.5. The minimum atomic E-state index is -0.591. The number of halogens is 2. The lowest BCUT2D eigenvalue weighted by Gasteiger charge is -2.30. The van der Waals surface area contributed by atoms with Gasteiger partial charge in [0.2, 0.25) is 0 Å². The van der Waals surface area contributed by atoms with Crippen LogP contribution in [0.25, 0.3) is 0 Å². The summed E-state index contributed by atoms with van der Waals surface area (Å²) in [4.78, 5) is 27.2. The minimum Gasteiger partial charge on any atom is -0.349 e. The summed E-state index contributed by atoms with van der Waals surface area (Å²) in [6.07, 6.45) is 7.28. The van der Waals surface area contributed by atoms with Crippen molar-refractivity contribution in [2.24, 2.45) is 0 Å². The van der Waals surface area contributed by atoms with Gasteiger partial charge in [0.05, 0.1) is 5.57 Å². The second-order valence-corrected chi connectivity index (χ2v) is 11.3. The van der Waals surface area contributed by atoms with E-state index in [2.05, 4.69) is 31.9 Å². The number of allylic oxidation sites excluding steroid dienone is 1. The fourth-order valence-electron chi connectivity index (χ4n) is 5.16. The standard InChI is InChI=1S/C28H29BrFN5O2S/c1-16-22(26(36)33-21-13-11-19(30)12-14-21)24(17-7-6-8-18(29)15-17)35-25(31-16)23(28(34-35)38-2)27(37)32-20-9-4-3-5-10-20/h6-8,11-15,20,24,31H,3-5,9-10H2,1-2H3,(H,32,37)(H,33,36). The monoisotopic (exact) mass is 597 g/mol. The summed E-state index contributed by atoms with van der Waals surface area (Å²) < 4.78 is 16.0. The van der Waals surface area contributed by atoms with E-state index in [0.29, 0.717) is 33.4 Å². The molecule has 1 aliphatic heterocycles. The van der Waals surface area contributed by atoms with Crippen LogP contribution in [-0.2, 0) is 4.79 Å². The molecule has 1 atom stereocenters. The van der Waals surface area contributed by atoms with Gasteiger partial charge in [0.25, 0.3) is 11.8 Å². The van der Waals surface area contributed by atoms with Crippen molar-refractivity contribution in [1.29, 1.82) is 0 Å². The summed E-state index contributed by atoms with van der Waals surface area (Å²) in [6.45, 7) is 1.82. The number of hydrogen-bond acceptors (Lipinski definition) is 5. The lowest BCUT2D eigenvalue weighted by molar-refractivity contribution is -0.113. The first kappa shape index (κ1) is 26.5. The molecule has 10 heteroatoms. The number of anilines is 2. The Kier molecular flexibility index (Phi) is 7.90. The Hall–Kier alpha value is -3.11. The van der Waals surface area contributed by atoms with Gasteiger partial charge >= 0.3 is 0 Å². The van der Waals surface area contributed by atoms with Gasteiger partial charge in [-0.3, -0.25) is 9.59 Å². The summed E-state index contributed by atoms with van der Waals surface area (Å²) in [5.74, 6) is -0.320. The molecule has 1 aliphatic carbocycles. The van der Waals surface area contributed by atoms with E-state index in [1.807, 2.05) is 37.4 Å². The van der Waals surface area contributed by atoms with Gasteiger partial charge in [-0.1, -0.05) is 47.3 Å². The zero-order chi connectivity index (χ0) is 26.8. The van der Waals surface area contributed by atoms with E-state index in [-0.39, 0.29) is 23.7 Å². The maximum Gasteiger partial charge on any atom is 0.258 e. The molecule has 1 unspecified atom stereocenters. The largest absolute Gasteiger partial charge is 0.349 e. The first-order chi connectivity index (χ1) is 18.4. The van der Waals surface area contributed by atoms with Gasteiger partial charge in [0, 0.05) is 21.9 Å². The topological polar surface area (TPSA) is 88.1 Å². The summed E-state index contributed by atoms with van der Waals surface area (Å²) in [7, 11) is 0. The van der Waals surface area contributed by atoms with E-state index >= 15 is 0 Å². The van der Waals surface area contributed by atoms with Crippen molar-refractivity contribution in [3.8, 4) is 0 Å². The fraction of sp³-hybridized carbons (Fsp3) is 0.321. The summed E-state index contributed by atoms with van der Waals surface area (Å²) in [5, 5.41) is 14.8. The van der Waals surface area contributed by atoms with E-state index in [4.69, 9.17) is 5.10 Å². The Bertz CT molecular complexity index is 1400. The van der Waals surface area contributed by atoms with Crippen LogP contribution in [0.2, 0.25) is 0 Å². The molecule has 0 spiro atoms. The highest BCUT2D eigenvalue weighted by atomic mass is 79.9. The average Bonchev–Trinajstić information content (AvgIpc) is 3.28. The third-order valence-electron chi connectivity index (χ3n) is 6.98. The number of aromatic nitrogens is 2. The number of fused-ring (bicyclic) bond motifs is 1. The molecular formula is C28H29BrFN5O2S. The molecule has 2 aromatic carbocycles. The average molecular weight is 599 g/mol. The summed E-state index contributed by atoms with van der Waals surface area (Å²) >= 11 is 4.95. The number of nitrogens with zero attached hydrogens (tertiary/aromatic N) is 2. The van der Waals surface area contributed by atoms with E-state index in [1.54, 1.807) is 4.68 Å². The molecule has 38 heavy (non-hydrogen) atoms. The van der Waals surface area contributed by atoms with Crippen molar-refractivity contribution in [3.05, 3.63) is 81.2 Å². The smallest absolute Gasteiger partial charge is 0.258 e. The number of carbonyl (C=O) groups excluding carboxylic acids is 2. The zero-order valence-electron chi connectivity index (χ0n) is 21.2. The van der Waals surface area contributed by atoms with Crippen molar-refractivity contribution in [2.75, 3.05) is 16.9 Å². The van der Waals surface area contributed by atoms with E-state index in [9.17, 15) is 14.0 Å². The maximum absolute atomic E-state index is 13.7. The third kappa shape index (κ3) is 5.37. The Morgan fingerprint density at radius 1 is 1.11 bits per heavy atom. The van der Waals surface area contributed by atoms with Crippen LogP contribution in [0.1, 0.15) is 61.0 Å².